The highest BCUT2D eigenvalue weighted by Gasteiger charge is 2.44. The molecule has 1 aliphatic heterocycles. The van der Waals surface area contributed by atoms with Crippen LogP contribution in [0.25, 0.3) is 0 Å². The van der Waals surface area contributed by atoms with Gasteiger partial charge in [0.2, 0.25) is 11.9 Å². The molecule has 8 nitrogen and oxygen atoms in total. The number of rotatable bonds is 3. The molecular weight excluding hydrogens is 356 g/mol. The van der Waals surface area contributed by atoms with Crippen molar-refractivity contribution in [3.63, 3.8) is 0 Å². The van der Waals surface area contributed by atoms with Crippen molar-refractivity contribution in [3.05, 3.63) is 38.6 Å². The van der Waals surface area contributed by atoms with Gasteiger partial charge in [-0.1, -0.05) is 0 Å². The molecule has 0 atom stereocenters. The van der Waals surface area contributed by atoms with Crippen LogP contribution in [0.1, 0.15) is 53.9 Å². The lowest BCUT2D eigenvalue weighted by Gasteiger charge is -2.39. The van der Waals surface area contributed by atoms with Crippen LogP contribution in [-0.4, -0.2) is 43.6 Å². The molecule has 2 aliphatic rings. The van der Waals surface area contributed by atoms with E-state index in [0.29, 0.717) is 19.5 Å². The molecule has 2 aromatic rings. The minimum atomic E-state index is -0.111. The van der Waals surface area contributed by atoms with Crippen LogP contribution >= 0.6 is 0 Å². The fourth-order valence-corrected chi connectivity index (χ4v) is 4.91. The number of fused-ring (bicyclic) bond motifs is 2. The molecule has 3 N–H and O–H groups in total. The summed E-state index contributed by atoms with van der Waals surface area (Å²) in [5.74, 6) is 0.375. The predicted molar refractivity (Wildman–Crippen MR) is 106 cm³/mol. The number of carbonyl (C=O) groups is 1. The van der Waals surface area contributed by atoms with Gasteiger partial charge in [-0.2, -0.15) is 5.10 Å². The standard InChI is InChI=1S/C20H28N6O2/c1-12-14(13(2)25(3)24-12)4-5-16(27)26-10-8-20(9-11-26)7-6-15-17(20)22-19(21)23-18(15)28/h4-11H2,1-3H3,(H3,21,22,23,28). The van der Waals surface area contributed by atoms with Gasteiger partial charge < -0.3 is 10.6 Å². The van der Waals surface area contributed by atoms with Crippen LogP contribution in [0.2, 0.25) is 0 Å². The summed E-state index contributed by atoms with van der Waals surface area (Å²) in [6.07, 6.45) is 4.56. The van der Waals surface area contributed by atoms with E-state index in [0.717, 1.165) is 54.7 Å². The number of likely N-dealkylation sites (tertiary alicyclic amines) is 1. The van der Waals surface area contributed by atoms with Crippen LogP contribution in [0, 0.1) is 13.8 Å². The monoisotopic (exact) mass is 384 g/mol. The quantitative estimate of drug-likeness (QED) is 0.825. The van der Waals surface area contributed by atoms with E-state index < -0.39 is 0 Å². The maximum atomic E-state index is 12.8. The lowest BCUT2D eigenvalue weighted by atomic mass is 9.76. The molecule has 1 amide bonds. The van der Waals surface area contributed by atoms with Gasteiger partial charge in [0.15, 0.2) is 0 Å². The normalized spacial score (nSPS) is 17.9. The summed E-state index contributed by atoms with van der Waals surface area (Å²) in [7, 11) is 1.93. The van der Waals surface area contributed by atoms with E-state index in [1.54, 1.807) is 0 Å². The highest BCUT2D eigenvalue weighted by Crippen LogP contribution is 2.44. The summed E-state index contributed by atoms with van der Waals surface area (Å²) in [5, 5.41) is 4.43. The van der Waals surface area contributed by atoms with Crippen molar-refractivity contribution in [1.29, 1.82) is 0 Å². The van der Waals surface area contributed by atoms with Crippen LogP contribution < -0.4 is 11.3 Å². The molecule has 150 valence electrons. The van der Waals surface area contributed by atoms with Gasteiger partial charge in [0.25, 0.3) is 5.56 Å². The summed E-state index contributed by atoms with van der Waals surface area (Å²) in [5.41, 5.74) is 10.5. The fourth-order valence-electron chi connectivity index (χ4n) is 4.91. The number of aromatic amines is 1. The molecule has 1 spiro atoms. The predicted octanol–water partition coefficient (Wildman–Crippen LogP) is 1.14. The highest BCUT2D eigenvalue weighted by molar-refractivity contribution is 5.76. The van der Waals surface area contributed by atoms with Gasteiger partial charge in [0.05, 0.1) is 11.4 Å². The number of hydrogen-bond acceptors (Lipinski definition) is 5. The van der Waals surface area contributed by atoms with Gasteiger partial charge in [0, 0.05) is 43.2 Å². The molecule has 0 unspecified atom stereocenters. The van der Waals surface area contributed by atoms with Crippen molar-refractivity contribution in [3.8, 4) is 0 Å². The number of nitrogens with zero attached hydrogens (tertiary/aromatic N) is 4. The first-order valence-corrected chi connectivity index (χ1v) is 9.97. The second kappa shape index (κ2) is 6.76. The summed E-state index contributed by atoms with van der Waals surface area (Å²) in [4.78, 5) is 34.0. The molecule has 2 aromatic heterocycles. The average molecular weight is 384 g/mol. The van der Waals surface area contributed by atoms with Crippen LogP contribution in [-0.2, 0) is 30.1 Å². The molecule has 3 heterocycles. The molecule has 0 radical (unpaired) electrons. The molecule has 1 aliphatic carbocycles. The molecule has 1 saturated heterocycles. The lowest BCUT2D eigenvalue weighted by Crippen LogP contribution is -2.45. The molecule has 1 fully saturated rings. The Hall–Kier alpha value is -2.64. The summed E-state index contributed by atoms with van der Waals surface area (Å²) >= 11 is 0. The first-order chi connectivity index (χ1) is 13.3. The molecule has 0 aromatic carbocycles. The Morgan fingerprint density at radius 3 is 2.61 bits per heavy atom. The Morgan fingerprint density at radius 1 is 1.25 bits per heavy atom. The van der Waals surface area contributed by atoms with Gasteiger partial charge in [0.1, 0.15) is 0 Å². The Labute approximate surface area is 164 Å². The third kappa shape index (κ3) is 3.00. The lowest BCUT2D eigenvalue weighted by molar-refractivity contribution is -0.132. The van der Waals surface area contributed by atoms with E-state index in [1.807, 2.05) is 30.5 Å². The van der Waals surface area contributed by atoms with Crippen molar-refractivity contribution in [2.24, 2.45) is 7.05 Å². The van der Waals surface area contributed by atoms with Crippen molar-refractivity contribution >= 4 is 11.9 Å². The van der Waals surface area contributed by atoms with Crippen molar-refractivity contribution < 1.29 is 4.79 Å². The number of carbonyl (C=O) groups excluding carboxylic acids is 1. The van der Waals surface area contributed by atoms with Crippen LogP contribution in [0.4, 0.5) is 5.95 Å². The number of amides is 1. The summed E-state index contributed by atoms with van der Waals surface area (Å²) in [6, 6.07) is 0. The second-order valence-corrected chi connectivity index (χ2v) is 8.21. The molecule has 28 heavy (non-hydrogen) atoms. The second-order valence-electron chi connectivity index (χ2n) is 8.21. The van der Waals surface area contributed by atoms with Gasteiger partial charge in [-0.25, -0.2) is 4.98 Å². The maximum Gasteiger partial charge on any atom is 0.255 e. The molecular formula is C20H28N6O2. The number of nitrogens with two attached hydrogens (primary N) is 1. The van der Waals surface area contributed by atoms with Gasteiger partial charge in [-0.05, 0) is 51.5 Å². The maximum absolute atomic E-state index is 12.8. The van der Waals surface area contributed by atoms with Gasteiger partial charge in [-0.15, -0.1) is 0 Å². The van der Waals surface area contributed by atoms with Crippen LogP contribution in [0.3, 0.4) is 0 Å². The fraction of sp³-hybridized carbons (Fsp3) is 0.600. The number of piperidine rings is 1. The summed E-state index contributed by atoms with van der Waals surface area (Å²) in [6.45, 7) is 5.45. The van der Waals surface area contributed by atoms with Crippen molar-refractivity contribution in [2.45, 2.75) is 57.8 Å². The Kier molecular flexibility index (Phi) is 4.51. The van der Waals surface area contributed by atoms with Crippen molar-refractivity contribution in [1.82, 2.24) is 24.6 Å². The topological polar surface area (TPSA) is 110 Å². The van der Waals surface area contributed by atoms with E-state index in [1.165, 1.54) is 5.56 Å². The van der Waals surface area contributed by atoms with E-state index in [9.17, 15) is 9.59 Å². The number of nitrogen functional groups attached to an aromatic ring is 1. The van der Waals surface area contributed by atoms with Crippen LogP contribution in [0.15, 0.2) is 4.79 Å². The third-order valence-corrected chi connectivity index (χ3v) is 6.71. The SMILES string of the molecule is Cc1nn(C)c(C)c1CCC(=O)N1CCC2(CCc3c2nc(N)[nH]c3=O)CC1. The van der Waals surface area contributed by atoms with Crippen LogP contribution in [0.5, 0.6) is 0 Å². The van der Waals surface area contributed by atoms with E-state index in [2.05, 4.69) is 15.1 Å². The molecule has 8 heteroatoms. The van der Waals surface area contributed by atoms with Gasteiger partial charge in [-0.3, -0.25) is 19.3 Å². The molecule has 4 rings (SSSR count). The minimum absolute atomic E-state index is 0.106. The zero-order chi connectivity index (χ0) is 20.1. The Morgan fingerprint density at radius 2 is 1.96 bits per heavy atom. The smallest absolute Gasteiger partial charge is 0.255 e. The number of nitrogens with one attached hydrogen (secondary N) is 1. The number of aromatic nitrogens is 4. The van der Waals surface area contributed by atoms with E-state index in [-0.39, 0.29) is 22.8 Å². The van der Waals surface area contributed by atoms with Gasteiger partial charge >= 0.3 is 0 Å². The Balaban J connectivity index is 1.41. The number of anilines is 1. The first kappa shape index (κ1) is 18.7. The number of aryl methyl sites for hydroxylation is 2. The minimum Gasteiger partial charge on any atom is -0.369 e. The molecule has 0 saturated carbocycles. The van der Waals surface area contributed by atoms with E-state index >= 15 is 0 Å². The number of hydrogen-bond donors (Lipinski definition) is 2. The number of H-pyrrole nitrogens is 1. The zero-order valence-electron chi connectivity index (χ0n) is 16.8. The average Bonchev–Trinajstić information content (AvgIpc) is 3.12. The van der Waals surface area contributed by atoms with E-state index in [4.69, 9.17) is 5.73 Å². The summed E-state index contributed by atoms with van der Waals surface area (Å²) < 4.78 is 1.87. The first-order valence-electron chi connectivity index (χ1n) is 9.97. The largest absolute Gasteiger partial charge is 0.369 e. The highest BCUT2D eigenvalue weighted by atomic mass is 16.2. The van der Waals surface area contributed by atoms with Crippen molar-refractivity contribution in [2.75, 3.05) is 18.8 Å². The third-order valence-electron chi connectivity index (χ3n) is 6.71. The Bertz CT molecular complexity index is 981. The molecule has 0 bridgehead atoms. The zero-order valence-corrected chi connectivity index (χ0v) is 16.8.